The van der Waals surface area contributed by atoms with E-state index < -0.39 is 0 Å². The molecule has 0 amide bonds. The summed E-state index contributed by atoms with van der Waals surface area (Å²) in [7, 11) is 0. The molecule has 0 heterocycles. The molecule has 0 aromatic heterocycles. The molecule has 0 atom stereocenters. The molecule has 0 radical (unpaired) electrons. The molecule has 0 aliphatic carbocycles. The molecule has 4 rings (SSSR count). The molecule has 0 aliphatic heterocycles. The Hall–Kier alpha value is -4.34. The van der Waals surface area contributed by atoms with Gasteiger partial charge in [-0.25, -0.2) is 0 Å². The molecular formula is C39H51N3. The summed E-state index contributed by atoms with van der Waals surface area (Å²) >= 11 is 0. The standard InChI is InChI=1S/C26H32N2.C11H10.C2H6.H3N/c1-6-9-22-15-16-24(17-21(22)5)28-18-19(3)13-14-20(4)25-12-8-11-23(10-7-2)26(25)27;1-9-5-4-7-10-6-2-3-8-11(9)10;1-2;/h6-17,28H,18,27H2,1-5H3;2-8H,1H3;1-2H3;1H3/b9-6-,10-7-,19-13+,20-14+;;;. The lowest BCUT2D eigenvalue weighted by Gasteiger charge is -2.10. The number of nitrogens with one attached hydrogen (secondary N) is 1. The molecule has 42 heavy (non-hydrogen) atoms. The summed E-state index contributed by atoms with van der Waals surface area (Å²) in [5.74, 6) is 0. The van der Waals surface area contributed by atoms with E-state index in [1.165, 1.54) is 33.0 Å². The normalized spacial score (nSPS) is 11.4. The summed E-state index contributed by atoms with van der Waals surface area (Å²) in [4.78, 5) is 0. The third kappa shape index (κ3) is 10.6. The van der Waals surface area contributed by atoms with E-state index in [0.717, 1.165) is 34.6 Å². The lowest BCUT2D eigenvalue weighted by Crippen LogP contribution is -2.03. The average Bonchev–Trinajstić information content (AvgIpc) is 2.99. The smallest absolute Gasteiger partial charge is 0.0463 e. The monoisotopic (exact) mass is 561 g/mol. The summed E-state index contributed by atoms with van der Waals surface area (Å²) in [6.45, 7) is 17.4. The van der Waals surface area contributed by atoms with Gasteiger partial charge in [0.15, 0.2) is 0 Å². The number of aryl methyl sites for hydroxylation is 2. The first-order valence-corrected chi connectivity index (χ1v) is 14.6. The summed E-state index contributed by atoms with van der Waals surface area (Å²) in [5, 5.41) is 6.18. The van der Waals surface area contributed by atoms with Crippen molar-refractivity contribution in [3.8, 4) is 0 Å². The Morgan fingerprint density at radius 3 is 2.05 bits per heavy atom. The van der Waals surface area contributed by atoms with Crippen LogP contribution in [0.3, 0.4) is 0 Å². The van der Waals surface area contributed by atoms with E-state index in [9.17, 15) is 0 Å². The van der Waals surface area contributed by atoms with E-state index in [1.54, 1.807) is 0 Å². The number of fused-ring (bicyclic) bond motifs is 1. The molecule has 3 heteroatoms. The Morgan fingerprint density at radius 2 is 1.38 bits per heavy atom. The van der Waals surface area contributed by atoms with E-state index in [4.69, 9.17) is 5.73 Å². The van der Waals surface area contributed by atoms with E-state index in [1.807, 2.05) is 45.9 Å². The highest BCUT2D eigenvalue weighted by atomic mass is 14.9. The summed E-state index contributed by atoms with van der Waals surface area (Å²) in [6.07, 6.45) is 12.6. The molecule has 0 fully saturated rings. The number of hydrogen-bond acceptors (Lipinski definition) is 3. The molecule has 0 unspecified atom stereocenters. The second-order valence-electron chi connectivity index (χ2n) is 9.89. The van der Waals surface area contributed by atoms with Crippen LogP contribution in [-0.4, -0.2) is 6.54 Å². The van der Waals surface area contributed by atoms with Gasteiger partial charge >= 0.3 is 0 Å². The third-order valence-corrected chi connectivity index (χ3v) is 6.72. The topological polar surface area (TPSA) is 73.0 Å². The predicted molar refractivity (Wildman–Crippen MR) is 192 cm³/mol. The van der Waals surface area contributed by atoms with Crippen molar-refractivity contribution in [2.45, 2.75) is 55.4 Å². The number of nitrogens with two attached hydrogens (primary N) is 1. The predicted octanol–water partition coefficient (Wildman–Crippen LogP) is 11.4. The van der Waals surface area contributed by atoms with E-state index in [0.29, 0.717) is 0 Å². The van der Waals surface area contributed by atoms with Crippen molar-refractivity contribution >= 4 is 39.9 Å². The fraction of sp³-hybridized carbons (Fsp3) is 0.231. The highest BCUT2D eigenvalue weighted by molar-refractivity contribution is 5.85. The van der Waals surface area contributed by atoms with Crippen molar-refractivity contribution in [3.63, 3.8) is 0 Å². The van der Waals surface area contributed by atoms with E-state index in [-0.39, 0.29) is 6.15 Å². The first kappa shape index (κ1) is 35.7. The van der Waals surface area contributed by atoms with Crippen LogP contribution in [-0.2, 0) is 0 Å². The third-order valence-electron chi connectivity index (χ3n) is 6.72. The van der Waals surface area contributed by atoms with Gasteiger partial charge in [0, 0.05) is 23.5 Å². The summed E-state index contributed by atoms with van der Waals surface area (Å²) in [5.41, 5.74) is 16.8. The van der Waals surface area contributed by atoms with Crippen LogP contribution in [0.2, 0.25) is 0 Å². The van der Waals surface area contributed by atoms with Gasteiger partial charge in [0.25, 0.3) is 0 Å². The minimum absolute atomic E-state index is 0. The van der Waals surface area contributed by atoms with Gasteiger partial charge in [0.2, 0.25) is 0 Å². The van der Waals surface area contributed by atoms with Crippen LogP contribution in [0.15, 0.2) is 109 Å². The van der Waals surface area contributed by atoms with Crippen molar-refractivity contribution in [2.75, 3.05) is 17.6 Å². The Morgan fingerprint density at radius 1 is 0.738 bits per heavy atom. The molecular weight excluding hydrogens is 510 g/mol. The zero-order valence-electron chi connectivity index (χ0n) is 27.0. The Bertz CT molecular complexity index is 1510. The van der Waals surface area contributed by atoms with Gasteiger partial charge in [-0.05, 0) is 92.3 Å². The highest BCUT2D eigenvalue weighted by Gasteiger charge is 2.04. The fourth-order valence-electron chi connectivity index (χ4n) is 4.45. The van der Waals surface area contributed by atoms with Gasteiger partial charge in [-0.1, -0.05) is 123 Å². The molecule has 4 aromatic rings. The maximum Gasteiger partial charge on any atom is 0.0463 e. The van der Waals surface area contributed by atoms with Gasteiger partial charge in [-0.15, -0.1) is 0 Å². The van der Waals surface area contributed by atoms with E-state index in [2.05, 4.69) is 130 Å². The SMILES string of the molecule is C/C=C\c1ccc(NC/C(C)=C/C=C(\C)c2cccc(/C=C\C)c2N)cc1C.CC.Cc1cccc2ccccc12.N. The average molecular weight is 562 g/mol. The number of rotatable bonds is 7. The summed E-state index contributed by atoms with van der Waals surface area (Å²) in [6, 6.07) is 27.5. The minimum Gasteiger partial charge on any atom is -0.398 e. The van der Waals surface area contributed by atoms with Gasteiger partial charge in [0.05, 0.1) is 0 Å². The molecule has 0 bridgehead atoms. The second-order valence-corrected chi connectivity index (χ2v) is 9.89. The van der Waals surface area contributed by atoms with Crippen LogP contribution in [0.5, 0.6) is 0 Å². The highest BCUT2D eigenvalue weighted by Crippen LogP contribution is 2.26. The van der Waals surface area contributed by atoms with Gasteiger partial charge < -0.3 is 17.2 Å². The Balaban J connectivity index is 0.000000522. The summed E-state index contributed by atoms with van der Waals surface area (Å²) < 4.78 is 0. The Labute approximate surface area is 255 Å². The number of anilines is 2. The van der Waals surface area contributed by atoms with Crippen molar-refractivity contribution in [2.24, 2.45) is 0 Å². The quantitative estimate of drug-likeness (QED) is 0.155. The number of allylic oxidation sites excluding steroid dienone is 5. The van der Waals surface area contributed by atoms with Crippen LogP contribution in [0.1, 0.15) is 69.4 Å². The van der Waals surface area contributed by atoms with Crippen molar-refractivity contribution in [1.29, 1.82) is 0 Å². The molecule has 6 N–H and O–H groups in total. The maximum absolute atomic E-state index is 6.33. The van der Waals surface area contributed by atoms with Crippen LogP contribution < -0.4 is 17.2 Å². The second kappa shape index (κ2) is 18.9. The van der Waals surface area contributed by atoms with Crippen LogP contribution >= 0.6 is 0 Å². The molecule has 4 aromatic carbocycles. The molecule has 0 spiro atoms. The van der Waals surface area contributed by atoms with Crippen LogP contribution in [0.4, 0.5) is 11.4 Å². The molecule has 0 aliphatic rings. The molecule has 3 nitrogen and oxygen atoms in total. The largest absolute Gasteiger partial charge is 0.398 e. The lowest BCUT2D eigenvalue weighted by atomic mass is 10.0. The lowest BCUT2D eigenvalue weighted by molar-refractivity contribution is 1.20. The molecule has 0 saturated carbocycles. The number of hydrogen-bond donors (Lipinski definition) is 3. The maximum atomic E-state index is 6.33. The van der Waals surface area contributed by atoms with Crippen LogP contribution in [0, 0.1) is 13.8 Å². The van der Waals surface area contributed by atoms with Gasteiger partial charge in [-0.3, -0.25) is 0 Å². The van der Waals surface area contributed by atoms with Crippen molar-refractivity contribution < 1.29 is 0 Å². The fourth-order valence-corrected chi connectivity index (χ4v) is 4.45. The minimum atomic E-state index is 0. The van der Waals surface area contributed by atoms with E-state index >= 15 is 0 Å². The number of para-hydroxylation sites is 1. The molecule has 0 saturated heterocycles. The van der Waals surface area contributed by atoms with Gasteiger partial charge in [0.1, 0.15) is 0 Å². The zero-order chi connectivity index (χ0) is 30.2. The van der Waals surface area contributed by atoms with Crippen molar-refractivity contribution in [1.82, 2.24) is 6.15 Å². The number of nitrogen functional groups attached to an aromatic ring is 1. The first-order valence-electron chi connectivity index (χ1n) is 14.6. The first-order chi connectivity index (χ1) is 19.8. The Kier molecular flexibility index (Phi) is 16.1. The van der Waals surface area contributed by atoms with Gasteiger partial charge in [-0.2, -0.15) is 0 Å². The van der Waals surface area contributed by atoms with Crippen molar-refractivity contribution in [3.05, 3.63) is 137 Å². The zero-order valence-corrected chi connectivity index (χ0v) is 27.0. The van der Waals surface area contributed by atoms with Crippen LogP contribution in [0.25, 0.3) is 28.5 Å². The number of benzene rings is 4. The molecule has 222 valence electrons.